The van der Waals surface area contributed by atoms with Crippen LogP contribution in [0.3, 0.4) is 0 Å². The van der Waals surface area contributed by atoms with Crippen LogP contribution < -0.4 is 0 Å². The topological polar surface area (TPSA) is 113 Å². The number of nitrogens with zero attached hydrogens (tertiary/aromatic N) is 5. The Kier molecular flexibility index (Phi) is 5.46. The van der Waals surface area contributed by atoms with Gasteiger partial charge in [0.25, 0.3) is 0 Å². The molecule has 3 N–H and O–H groups in total. The molecule has 0 spiro atoms. The number of rotatable bonds is 7. The van der Waals surface area contributed by atoms with Gasteiger partial charge in [-0.15, -0.1) is 5.10 Å². The normalized spacial score (nSPS) is 13.3. The van der Waals surface area contributed by atoms with Crippen molar-refractivity contribution in [3.8, 4) is 17.1 Å². The number of thioether (sulfide) groups is 1. The molecule has 4 aromatic rings. The van der Waals surface area contributed by atoms with Gasteiger partial charge in [0.15, 0.2) is 5.82 Å². The number of hydrogen-bond donors (Lipinski definition) is 3. The number of aliphatic hydroxyl groups is 1. The van der Waals surface area contributed by atoms with Crippen molar-refractivity contribution in [2.75, 3.05) is 5.75 Å². The molecule has 154 valence electrons. The number of halogens is 2. The first kappa shape index (κ1) is 20.0. The molecule has 0 saturated heterocycles. The van der Waals surface area contributed by atoms with Crippen molar-refractivity contribution in [3.63, 3.8) is 0 Å². The second-order valence-electron chi connectivity index (χ2n) is 6.55. The Bertz CT molecular complexity index is 1140. The van der Waals surface area contributed by atoms with Gasteiger partial charge in [-0.3, -0.25) is 5.10 Å². The minimum Gasteiger partial charge on any atom is -0.508 e. The van der Waals surface area contributed by atoms with Crippen LogP contribution in [0.1, 0.15) is 5.56 Å². The van der Waals surface area contributed by atoms with E-state index in [-0.39, 0.29) is 23.6 Å². The molecule has 30 heavy (non-hydrogen) atoms. The summed E-state index contributed by atoms with van der Waals surface area (Å²) >= 11 is 1.10. The van der Waals surface area contributed by atoms with Crippen LogP contribution in [-0.2, 0) is 12.1 Å². The van der Waals surface area contributed by atoms with E-state index < -0.39 is 17.2 Å². The summed E-state index contributed by atoms with van der Waals surface area (Å²) in [4.78, 5) is 8.19. The fourth-order valence-electron chi connectivity index (χ4n) is 2.90. The summed E-state index contributed by atoms with van der Waals surface area (Å²) < 4.78 is 29.2. The summed E-state index contributed by atoms with van der Waals surface area (Å²) in [5.41, 5.74) is -1.08. The standard InChI is InChI=1S/C19H16F2N6O2S/c20-13-3-6-15(16(21)7-13)19(29,8-27-11-22-10-23-27)9-30-18-24-17(25-26-18)12-1-4-14(28)5-2-12/h1-7,10-11,28-29H,8-9H2,(H,24,25,26). The first-order valence-corrected chi connectivity index (χ1v) is 9.76. The third kappa shape index (κ3) is 4.31. The molecule has 11 heteroatoms. The lowest BCUT2D eigenvalue weighted by Gasteiger charge is -2.28. The zero-order valence-electron chi connectivity index (χ0n) is 15.4. The summed E-state index contributed by atoms with van der Waals surface area (Å²) in [7, 11) is 0. The second kappa shape index (κ2) is 8.20. The van der Waals surface area contributed by atoms with Gasteiger partial charge in [0.2, 0.25) is 5.16 Å². The van der Waals surface area contributed by atoms with Crippen molar-refractivity contribution >= 4 is 11.8 Å². The summed E-state index contributed by atoms with van der Waals surface area (Å²) in [6.07, 6.45) is 2.70. The lowest BCUT2D eigenvalue weighted by atomic mass is 9.95. The fraction of sp³-hybridized carbons (Fsp3) is 0.158. The summed E-state index contributed by atoms with van der Waals surface area (Å²) in [5.74, 6) is -1.02. The van der Waals surface area contributed by atoms with E-state index in [0.29, 0.717) is 11.0 Å². The van der Waals surface area contributed by atoms with Gasteiger partial charge < -0.3 is 10.2 Å². The van der Waals surface area contributed by atoms with Crippen LogP contribution in [0, 0.1) is 11.6 Å². The Balaban J connectivity index is 1.57. The van der Waals surface area contributed by atoms with E-state index in [2.05, 4.69) is 25.3 Å². The van der Waals surface area contributed by atoms with Gasteiger partial charge in [-0.25, -0.2) is 23.4 Å². The highest BCUT2D eigenvalue weighted by molar-refractivity contribution is 7.99. The SMILES string of the molecule is Oc1ccc(-c2nc(SCC(O)(Cn3cncn3)c3ccc(F)cc3F)n[nH]2)cc1. The number of benzene rings is 2. The fourth-order valence-corrected chi connectivity index (χ4v) is 3.78. The number of nitrogens with one attached hydrogen (secondary N) is 1. The van der Waals surface area contributed by atoms with Gasteiger partial charge in [0.1, 0.15) is 35.6 Å². The Labute approximate surface area is 173 Å². The number of hydrogen-bond acceptors (Lipinski definition) is 7. The quantitative estimate of drug-likeness (QED) is 0.387. The largest absolute Gasteiger partial charge is 0.508 e. The van der Waals surface area contributed by atoms with Gasteiger partial charge in [-0.1, -0.05) is 17.8 Å². The Hall–Kier alpha value is -3.31. The van der Waals surface area contributed by atoms with Gasteiger partial charge >= 0.3 is 0 Å². The summed E-state index contributed by atoms with van der Waals surface area (Å²) in [6, 6.07) is 9.44. The van der Waals surface area contributed by atoms with Crippen molar-refractivity contribution in [2.45, 2.75) is 17.3 Å². The molecule has 0 aliphatic rings. The number of phenolic OH excluding ortho intramolecular Hbond substituents is 1. The van der Waals surface area contributed by atoms with Crippen LogP contribution in [0.5, 0.6) is 5.75 Å². The highest BCUT2D eigenvalue weighted by Gasteiger charge is 2.34. The number of phenols is 1. The average molecular weight is 430 g/mol. The molecule has 2 aromatic heterocycles. The molecule has 2 heterocycles. The highest BCUT2D eigenvalue weighted by Crippen LogP contribution is 2.32. The molecule has 1 unspecified atom stereocenters. The van der Waals surface area contributed by atoms with Crippen molar-refractivity contribution in [3.05, 3.63) is 72.3 Å². The van der Waals surface area contributed by atoms with Crippen LogP contribution in [0.15, 0.2) is 60.3 Å². The van der Waals surface area contributed by atoms with Crippen LogP contribution in [0.2, 0.25) is 0 Å². The Morgan fingerprint density at radius 1 is 1.13 bits per heavy atom. The molecule has 0 fully saturated rings. The van der Waals surface area contributed by atoms with Crippen molar-refractivity contribution in [2.24, 2.45) is 0 Å². The van der Waals surface area contributed by atoms with E-state index in [4.69, 9.17) is 0 Å². The van der Waals surface area contributed by atoms with Crippen molar-refractivity contribution in [1.82, 2.24) is 29.9 Å². The molecule has 0 aliphatic carbocycles. The first-order chi connectivity index (χ1) is 14.4. The molecule has 0 bridgehead atoms. The van der Waals surface area contributed by atoms with Crippen LogP contribution in [0.4, 0.5) is 8.78 Å². The summed E-state index contributed by atoms with van der Waals surface area (Å²) in [6.45, 7) is -0.0994. The summed E-state index contributed by atoms with van der Waals surface area (Å²) in [5, 5.41) is 31.9. The molecule has 0 amide bonds. The van der Waals surface area contributed by atoms with Gasteiger partial charge in [-0.05, 0) is 30.3 Å². The van der Waals surface area contributed by atoms with E-state index >= 15 is 0 Å². The van der Waals surface area contributed by atoms with Gasteiger partial charge in [-0.2, -0.15) is 5.10 Å². The predicted octanol–water partition coefficient (Wildman–Crippen LogP) is 2.73. The minimum atomic E-state index is -1.73. The third-order valence-electron chi connectivity index (χ3n) is 4.37. The highest BCUT2D eigenvalue weighted by atomic mass is 32.2. The van der Waals surface area contributed by atoms with E-state index in [0.717, 1.165) is 29.5 Å². The Morgan fingerprint density at radius 3 is 2.63 bits per heavy atom. The molecule has 0 radical (unpaired) electrons. The predicted molar refractivity (Wildman–Crippen MR) is 104 cm³/mol. The van der Waals surface area contributed by atoms with Crippen molar-refractivity contribution in [1.29, 1.82) is 0 Å². The van der Waals surface area contributed by atoms with Crippen LogP contribution in [-0.4, -0.2) is 45.9 Å². The van der Waals surface area contributed by atoms with Gasteiger partial charge in [0.05, 0.1) is 6.54 Å². The van der Waals surface area contributed by atoms with E-state index in [1.165, 1.54) is 35.5 Å². The molecule has 8 nitrogen and oxygen atoms in total. The van der Waals surface area contributed by atoms with E-state index in [9.17, 15) is 19.0 Å². The lowest BCUT2D eigenvalue weighted by Crippen LogP contribution is -2.35. The molecule has 0 aliphatic heterocycles. The third-order valence-corrected chi connectivity index (χ3v) is 5.43. The Morgan fingerprint density at radius 2 is 1.93 bits per heavy atom. The van der Waals surface area contributed by atoms with Crippen LogP contribution >= 0.6 is 11.8 Å². The maximum atomic E-state index is 14.4. The van der Waals surface area contributed by atoms with Gasteiger partial charge in [0, 0.05) is 22.9 Å². The second-order valence-corrected chi connectivity index (χ2v) is 7.49. The monoisotopic (exact) mass is 430 g/mol. The number of H-pyrrole nitrogens is 1. The molecule has 4 rings (SSSR count). The van der Waals surface area contributed by atoms with E-state index in [1.54, 1.807) is 12.1 Å². The number of aromatic hydroxyl groups is 1. The lowest BCUT2D eigenvalue weighted by molar-refractivity contribution is 0.0360. The minimum absolute atomic E-state index is 0.0255. The maximum absolute atomic E-state index is 14.4. The van der Waals surface area contributed by atoms with Crippen LogP contribution in [0.25, 0.3) is 11.4 Å². The first-order valence-electron chi connectivity index (χ1n) is 8.78. The average Bonchev–Trinajstić information content (AvgIpc) is 3.39. The zero-order valence-corrected chi connectivity index (χ0v) is 16.2. The maximum Gasteiger partial charge on any atom is 0.208 e. The molecule has 1 atom stereocenters. The zero-order chi connectivity index (χ0) is 21.1. The number of aromatic amines is 1. The molecular weight excluding hydrogens is 414 g/mol. The molecular formula is C19H16F2N6O2S. The van der Waals surface area contributed by atoms with Crippen molar-refractivity contribution < 1.29 is 19.0 Å². The number of aromatic nitrogens is 6. The smallest absolute Gasteiger partial charge is 0.208 e. The van der Waals surface area contributed by atoms with E-state index in [1.807, 2.05) is 0 Å². The molecule has 2 aromatic carbocycles. The molecule has 0 saturated carbocycles.